The molecule has 0 unspecified atom stereocenters. The molecular formula is C14H20N2O4S. The highest BCUT2D eigenvalue weighted by Gasteiger charge is 2.35. The number of carbonyl (C=O) groups excluding carboxylic acids is 1. The van der Waals surface area contributed by atoms with Gasteiger partial charge in [-0.05, 0) is 49.4 Å². The SMILES string of the molecule is COc1ccc(S(=O)(=O)N[C@@H](CC(N)=O)C2CC2)cc1C. The van der Waals surface area contributed by atoms with Gasteiger partial charge < -0.3 is 10.5 Å². The summed E-state index contributed by atoms with van der Waals surface area (Å²) in [6.07, 6.45) is 1.86. The summed E-state index contributed by atoms with van der Waals surface area (Å²) in [5.74, 6) is 0.331. The molecule has 0 heterocycles. The van der Waals surface area contributed by atoms with Crippen LogP contribution in [0.1, 0.15) is 24.8 Å². The number of hydrogen-bond acceptors (Lipinski definition) is 4. The summed E-state index contributed by atoms with van der Waals surface area (Å²) in [6, 6.07) is 4.23. The van der Waals surface area contributed by atoms with Crippen LogP contribution in [-0.4, -0.2) is 27.5 Å². The van der Waals surface area contributed by atoms with E-state index >= 15 is 0 Å². The van der Waals surface area contributed by atoms with Gasteiger partial charge in [0, 0.05) is 12.5 Å². The summed E-state index contributed by atoms with van der Waals surface area (Å²) in [7, 11) is -2.14. The highest BCUT2D eigenvalue weighted by Crippen LogP contribution is 2.34. The van der Waals surface area contributed by atoms with Crippen molar-refractivity contribution in [1.29, 1.82) is 0 Å². The van der Waals surface area contributed by atoms with Crippen LogP contribution >= 0.6 is 0 Å². The van der Waals surface area contributed by atoms with Gasteiger partial charge in [-0.25, -0.2) is 13.1 Å². The van der Waals surface area contributed by atoms with E-state index < -0.39 is 22.0 Å². The van der Waals surface area contributed by atoms with Gasteiger partial charge in [-0.3, -0.25) is 4.79 Å². The molecule has 7 heteroatoms. The molecule has 0 aliphatic heterocycles. The van der Waals surface area contributed by atoms with E-state index in [0.717, 1.165) is 18.4 Å². The fourth-order valence-corrected chi connectivity index (χ4v) is 3.69. The van der Waals surface area contributed by atoms with Crippen molar-refractivity contribution < 1.29 is 17.9 Å². The van der Waals surface area contributed by atoms with Crippen molar-refractivity contribution >= 4 is 15.9 Å². The number of primary amides is 1. The van der Waals surface area contributed by atoms with E-state index in [9.17, 15) is 13.2 Å². The monoisotopic (exact) mass is 312 g/mol. The van der Waals surface area contributed by atoms with E-state index in [2.05, 4.69) is 4.72 Å². The van der Waals surface area contributed by atoms with Crippen molar-refractivity contribution in [2.75, 3.05) is 7.11 Å². The zero-order chi connectivity index (χ0) is 15.6. The number of nitrogens with one attached hydrogen (secondary N) is 1. The average Bonchev–Trinajstić information content (AvgIpc) is 3.21. The van der Waals surface area contributed by atoms with Gasteiger partial charge in [0.15, 0.2) is 0 Å². The predicted octanol–water partition coefficient (Wildman–Crippen LogP) is 0.936. The van der Waals surface area contributed by atoms with Crippen LogP contribution in [0.3, 0.4) is 0 Å². The van der Waals surface area contributed by atoms with Crippen molar-refractivity contribution in [3.05, 3.63) is 23.8 Å². The van der Waals surface area contributed by atoms with E-state index in [1.54, 1.807) is 19.1 Å². The molecule has 0 saturated heterocycles. The minimum Gasteiger partial charge on any atom is -0.496 e. The van der Waals surface area contributed by atoms with Crippen LogP contribution in [0, 0.1) is 12.8 Å². The molecule has 2 rings (SSSR count). The summed E-state index contributed by atoms with van der Waals surface area (Å²) in [5, 5.41) is 0. The Balaban J connectivity index is 2.20. The van der Waals surface area contributed by atoms with E-state index in [0.29, 0.717) is 5.75 Å². The van der Waals surface area contributed by atoms with Gasteiger partial charge in [0.25, 0.3) is 0 Å². The Morgan fingerprint density at radius 1 is 1.48 bits per heavy atom. The van der Waals surface area contributed by atoms with Crippen molar-refractivity contribution in [3.63, 3.8) is 0 Å². The molecule has 0 radical (unpaired) electrons. The topological polar surface area (TPSA) is 98.5 Å². The fourth-order valence-electron chi connectivity index (χ4n) is 2.31. The predicted molar refractivity (Wildman–Crippen MR) is 78.4 cm³/mol. The van der Waals surface area contributed by atoms with E-state index in [4.69, 9.17) is 10.5 Å². The number of carbonyl (C=O) groups is 1. The lowest BCUT2D eigenvalue weighted by molar-refractivity contribution is -0.118. The van der Waals surface area contributed by atoms with Crippen molar-refractivity contribution in [2.24, 2.45) is 11.7 Å². The number of amides is 1. The molecule has 3 N–H and O–H groups in total. The highest BCUT2D eigenvalue weighted by molar-refractivity contribution is 7.89. The Kier molecular flexibility index (Phi) is 4.53. The first-order valence-corrected chi connectivity index (χ1v) is 8.27. The number of hydrogen-bond donors (Lipinski definition) is 2. The molecule has 116 valence electrons. The van der Waals surface area contributed by atoms with E-state index in [1.165, 1.54) is 13.2 Å². The first kappa shape index (κ1) is 15.8. The minimum absolute atomic E-state index is 0.0268. The third-order valence-electron chi connectivity index (χ3n) is 3.60. The zero-order valence-corrected chi connectivity index (χ0v) is 12.9. The van der Waals surface area contributed by atoms with Crippen LogP contribution in [0.5, 0.6) is 5.75 Å². The highest BCUT2D eigenvalue weighted by atomic mass is 32.2. The lowest BCUT2D eigenvalue weighted by Crippen LogP contribution is -2.39. The van der Waals surface area contributed by atoms with Gasteiger partial charge in [0.2, 0.25) is 15.9 Å². The molecule has 1 amide bonds. The molecule has 0 spiro atoms. The largest absolute Gasteiger partial charge is 0.496 e. The Morgan fingerprint density at radius 3 is 2.62 bits per heavy atom. The normalized spacial score (nSPS) is 16.5. The Labute approximate surface area is 124 Å². The summed E-state index contributed by atoms with van der Waals surface area (Å²) in [4.78, 5) is 11.2. The third-order valence-corrected chi connectivity index (χ3v) is 5.08. The van der Waals surface area contributed by atoms with Crippen LogP contribution < -0.4 is 15.2 Å². The second-order valence-corrected chi connectivity index (χ2v) is 7.08. The molecule has 21 heavy (non-hydrogen) atoms. The minimum atomic E-state index is -3.67. The maximum atomic E-state index is 12.4. The Morgan fingerprint density at radius 2 is 2.14 bits per heavy atom. The summed E-state index contributed by atoms with van der Waals surface area (Å²) in [6.45, 7) is 1.78. The quantitative estimate of drug-likeness (QED) is 0.782. The molecule has 1 aromatic carbocycles. The molecular weight excluding hydrogens is 292 g/mol. The number of rotatable bonds is 7. The number of benzene rings is 1. The number of aryl methyl sites for hydroxylation is 1. The van der Waals surface area contributed by atoms with Gasteiger partial charge in [-0.2, -0.15) is 0 Å². The van der Waals surface area contributed by atoms with Gasteiger partial charge in [-0.1, -0.05) is 0 Å². The van der Waals surface area contributed by atoms with Crippen LogP contribution in [-0.2, 0) is 14.8 Å². The second-order valence-electron chi connectivity index (χ2n) is 5.37. The standard InChI is InChI=1S/C14H20N2O4S/c1-9-7-11(5-6-13(9)20-2)21(18,19)16-12(8-14(15)17)10-3-4-10/h5-7,10,12,16H,3-4,8H2,1-2H3,(H2,15,17)/t12-/m0/s1. The Hall–Kier alpha value is -1.60. The van der Waals surface area contributed by atoms with Gasteiger partial charge >= 0.3 is 0 Å². The average molecular weight is 312 g/mol. The van der Waals surface area contributed by atoms with Crippen molar-refractivity contribution in [2.45, 2.75) is 37.1 Å². The lowest BCUT2D eigenvalue weighted by Gasteiger charge is -2.17. The molecule has 1 fully saturated rings. The molecule has 0 aromatic heterocycles. The maximum Gasteiger partial charge on any atom is 0.240 e. The third kappa shape index (κ3) is 3.95. The summed E-state index contributed by atoms with van der Waals surface area (Å²) < 4.78 is 32.5. The molecule has 1 atom stereocenters. The van der Waals surface area contributed by atoms with Crippen LogP contribution in [0.25, 0.3) is 0 Å². The van der Waals surface area contributed by atoms with E-state index in [-0.39, 0.29) is 17.2 Å². The lowest BCUT2D eigenvalue weighted by atomic mass is 10.1. The first-order chi connectivity index (χ1) is 9.83. The molecule has 1 saturated carbocycles. The number of nitrogens with two attached hydrogens (primary N) is 1. The van der Waals surface area contributed by atoms with Crippen molar-refractivity contribution in [3.8, 4) is 5.75 Å². The first-order valence-electron chi connectivity index (χ1n) is 6.79. The van der Waals surface area contributed by atoms with E-state index in [1.807, 2.05) is 0 Å². The summed E-state index contributed by atoms with van der Waals surface area (Å²) in [5.41, 5.74) is 5.92. The zero-order valence-electron chi connectivity index (χ0n) is 12.1. The van der Waals surface area contributed by atoms with Crippen LogP contribution in [0.15, 0.2) is 23.1 Å². The molecule has 1 aliphatic carbocycles. The molecule has 1 aromatic rings. The molecule has 1 aliphatic rings. The molecule has 6 nitrogen and oxygen atoms in total. The maximum absolute atomic E-state index is 12.4. The Bertz CT molecular complexity index is 638. The van der Waals surface area contributed by atoms with Crippen LogP contribution in [0.4, 0.5) is 0 Å². The van der Waals surface area contributed by atoms with Gasteiger partial charge in [0.05, 0.1) is 12.0 Å². The molecule has 0 bridgehead atoms. The smallest absolute Gasteiger partial charge is 0.240 e. The van der Waals surface area contributed by atoms with Gasteiger partial charge in [-0.15, -0.1) is 0 Å². The summed E-state index contributed by atoms with van der Waals surface area (Å²) >= 11 is 0. The van der Waals surface area contributed by atoms with Crippen LogP contribution in [0.2, 0.25) is 0 Å². The van der Waals surface area contributed by atoms with Gasteiger partial charge in [0.1, 0.15) is 5.75 Å². The number of ether oxygens (including phenoxy) is 1. The number of sulfonamides is 1. The second kappa shape index (κ2) is 6.03. The fraction of sp³-hybridized carbons (Fsp3) is 0.500. The van der Waals surface area contributed by atoms with Crippen molar-refractivity contribution in [1.82, 2.24) is 4.72 Å². The number of methoxy groups -OCH3 is 1.